The summed E-state index contributed by atoms with van der Waals surface area (Å²) in [7, 11) is 0. The fourth-order valence-corrected chi connectivity index (χ4v) is 2.98. The number of rotatable bonds is 8. The molecule has 0 saturated carbocycles. The number of thioether (sulfide) groups is 1. The maximum absolute atomic E-state index is 12.1. The first-order chi connectivity index (χ1) is 12.1. The lowest BCUT2D eigenvalue weighted by molar-refractivity contribution is -0.124. The quantitative estimate of drug-likeness (QED) is 0.550. The van der Waals surface area contributed by atoms with Crippen molar-refractivity contribution in [2.45, 2.75) is 24.0 Å². The van der Waals surface area contributed by atoms with Crippen molar-refractivity contribution in [1.82, 2.24) is 5.32 Å². The molecule has 0 bridgehead atoms. The lowest BCUT2D eigenvalue weighted by atomic mass is 10.1. The van der Waals surface area contributed by atoms with E-state index in [9.17, 15) is 9.59 Å². The van der Waals surface area contributed by atoms with Crippen LogP contribution in [0.15, 0.2) is 53.4 Å². The number of carbonyl (C=O) groups excluding carboxylic acids is 2. The van der Waals surface area contributed by atoms with Gasteiger partial charge in [-0.3, -0.25) is 4.79 Å². The van der Waals surface area contributed by atoms with Gasteiger partial charge in [0.2, 0.25) is 0 Å². The monoisotopic (exact) mass is 377 g/mol. The molecule has 6 heteroatoms. The van der Waals surface area contributed by atoms with Gasteiger partial charge in [-0.25, -0.2) is 4.79 Å². The highest BCUT2D eigenvalue weighted by molar-refractivity contribution is 7.98. The number of amides is 1. The third kappa shape index (κ3) is 6.80. The van der Waals surface area contributed by atoms with E-state index in [1.807, 2.05) is 43.3 Å². The molecule has 1 amide bonds. The van der Waals surface area contributed by atoms with E-state index in [0.29, 0.717) is 17.1 Å². The number of esters is 1. The van der Waals surface area contributed by atoms with Crippen molar-refractivity contribution in [2.24, 2.45) is 0 Å². The first kappa shape index (κ1) is 19.3. The summed E-state index contributed by atoms with van der Waals surface area (Å²) in [5.74, 6) is -0.0608. The molecule has 0 saturated heterocycles. The summed E-state index contributed by atoms with van der Waals surface area (Å²) in [6.45, 7) is 2.27. The zero-order chi connectivity index (χ0) is 18.1. The summed E-state index contributed by atoms with van der Waals surface area (Å²) >= 11 is 7.53. The molecule has 4 nitrogen and oxygen atoms in total. The lowest BCUT2D eigenvalue weighted by Crippen LogP contribution is -2.29. The van der Waals surface area contributed by atoms with E-state index in [1.165, 1.54) is 0 Å². The molecule has 0 aliphatic rings. The average molecular weight is 378 g/mol. The molecule has 132 valence electrons. The summed E-state index contributed by atoms with van der Waals surface area (Å²) < 4.78 is 5.05. The maximum Gasteiger partial charge on any atom is 0.338 e. The Labute approximate surface area is 156 Å². The summed E-state index contributed by atoms with van der Waals surface area (Å²) in [6.07, 6.45) is 0.840. The zero-order valence-corrected chi connectivity index (χ0v) is 15.5. The highest BCUT2D eigenvalue weighted by Crippen LogP contribution is 2.24. The van der Waals surface area contributed by atoms with Gasteiger partial charge in [0, 0.05) is 22.2 Å². The molecule has 0 aromatic heterocycles. The molecule has 0 radical (unpaired) electrons. The van der Waals surface area contributed by atoms with Crippen molar-refractivity contribution in [3.8, 4) is 0 Å². The predicted octanol–water partition coefficient (Wildman–Crippen LogP) is 4.32. The molecular formula is C19H20ClNO3S. The van der Waals surface area contributed by atoms with E-state index in [1.54, 1.807) is 23.9 Å². The molecule has 0 aliphatic heterocycles. The van der Waals surface area contributed by atoms with Gasteiger partial charge in [-0.15, -0.1) is 11.8 Å². The summed E-state index contributed by atoms with van der Waals surface area (Å²) in [4.78, 5) is 24.7. The topological polar surface area (TPSA) is 55.4 Å². The number of halogens is 1. The average Bonchev–Trinajstić information content (AvgIpc) is 2.64. The summed E-state index contributed by atoms with van der Waals surface area (Å²) in [5, 5.41) is 3.37. The van der Waals surface area contributed by atoms with Crippen LogP contribution in [0.1, 0.15) is 29.3 Å². The van der Waals surface area contributed by atoms with Gasteiger partial charge in [-0.2, -0.15) is 0 Å². The van der Waals surface area contributed by atoms with Crippen LogP contribution in [0.25, 0.3) is 0 Å². The second-order valence-corrected chi connectivity index (χ2v) is 6.85. The summed E-state index contributed by atoms with van der Waals surface area (Å²) in [5.41, 5.74) is 1.45. The molecule has 0 heterocycles. The van der Waals surface area contributed by atoms with Gasteiger partial charge in [-0.05, 0) is 48.4 Å². The zero-order valence-electron chi connectivity index (χ0n) is 14.0. The van der Waals surface area contributed by atoms with E-state index < -0.39 is 5.97 Å². The second kappa shape index (κ2) is 10.1. The first-order valence-electron chi connectivity index (χ1n) is 7.99. The van der Waals surface area contributed by atoms with Gasteiger partial charge in [0.05, 0.1) is 5.56 Å². The molecule has 25 heavy (non-hydrogen) atoms. The molecule has 2 aromatic carbocycles. The van der Waals surface area contributed by atoms with Crippen LogP contribution in [0, 0.1) is 0 Å². The van der Waals surface area contributed by atoms with Crippen LogP contribution in [0.3, 0.4) is 0 Å². The van der Waals surface area contributed by atoms with Gasteiger partial charge in [0.15, 0.2) is 6.61 Å². The van der Waals surface area contributed by atoms with Gasteiger partial charge in [0.1, 0.15) is 0 Å². The Balaban J connectivity index is 1.88. The van der Waals surface area contributed by atoms with Crippen LogP contribution in [-0.4, -0.2) is 25.0 Å². The molecule has 0 fully saturated rings. The number of nitrogens with one attached hydrogen (secondary N) is 1. The van der Waals surface area contributed by atoms with Crippen LogP contribution < -0.4 is 5.32 Å². The Morgan fingerprint density at radius 3 is 2.64 bits per heavy atom. The minimum Gasteiger partial charge on any atom is -0.452 e. The van der Waals surface area contributed by atoms with Gasteiger partial charge >= 0.3 is 5.97 Å². The largest absolute Gasteiger partial charge is 0.452 e. The number of carbonyl (C=O) groups is 2. The fraction of sp³-hybridized carbons (Fsp3) is 0.263. The molecule has 0 atom stereocenters. The third-order valence-electron chi connectivity index (χ3n) is 3.29. The van der Waals surface area contributed by atoms with E-state index in [2.05, 4.69) is 5.32 Å². The molecule has 0 spiro atoms. The van der Waals surface area contributed by atoms with Crippen LogP contribution in [0.5, 0.6) is 0 Å². The standard InChI is InChI=1S/C19H20ClNO3S/c1-2-10-21-18(22)12-24-19(23)15-5-3-4-14(11-15)13-25-17-8-6-16(20)7-9-17/h3-9,11H,2,10,12-13H2,1H3,(H,21,22). The van der Waals surface area contributed by atoms with Crippen LogP contribution in [-0.2, 0) is 15.3 Å². The normalized spacial score (nSPS) is 10.3. The van der Waals surface area contributed by atoms with Crippen molar-refractivity contribution in [3.05, 3.63) is 64.7 Å². The molecular weight excluding hydrogens is 358 g/mol. The van der Waals surface area contributed by atoms with Crippen LogP contribution in [0.4, 0.5) is 0 Å². The van der Waals surface area contributed by atoms with Crippen molar-refractivity contribution >= 4 is 35.2 Å². The van der Waals surface area contributed by atoms with E-state index >= 15 is 0 Å². The van der Waals surface area contributed by atoms with Crippen molar-refractivity contribution in [2.75, 3.05) is 13.2 Å². The number of ether oxygens (including phenoxy) is 1. The Morgan fingerprint density at radius 2 is 1.92 bits per heavy atom. The number of hydrogen-bond acceptors (Lipinski definition) is 4. The second-order valence-electron chi connectivity index (χ2n) is 5.37. The van der Waals surface area contributed by atoms with E-state index in [4.69, 9.17) is 16.3 Å². The number of hydrogen-bond donors (Lipinski definition) is 1. The van der Waals surface area contributed by atoms with Crippen LogP contribution >= 0.6 is 23.4 Å². The van der Waals surface area contributed by atoms with E-state index in [-0.39, 0.29) is 12.5 Å². The van der Waals surface area contributed by atoms with Gasteiger partial charge in [0.25, 0.3) is 5.91 Å². The first-order valence-corrected chi connectivity index (χ1v) is 9.36. The number of benzene rings is 2. The highest BCUT2D eigenvalue weighted by atomic mass is 35.5. The molecule has 0 aliphatic carbocycles. The van der Waals surface area contributed by atoms with Crippen molar-refractivity contribution in [3.63, 3.8) is 0 Å². The fourth-order valence-electron chi connectivity index (χ4n) is 2.02. The minimum absolute atomic E-state index is 0.261. The maximum atomic E-state index is 12.1. The molecule has 2 aromatic rings. The Morgan fingerprint density at radius 1 is 1.16 bits per heavy atom. The Bertz CT molecular complexity index is 719. The third-order valence-corrected chi connectivity index (χ3v) is 4.62. The van der Waals surface area contributed by atoms with Crippen LogP contribution in [0.2, 0.25) is 5.02 Å². The van der Waals surface area contributed by atoms with Gasteiger partial charge in [-0.1, -0.05) is 30.7 Å². The minimum atomic E-state index is -0.495. The van der Waals surface area contributed by atoms with Crippen molar-refractivity contribution < 1.29 is 14.3 Å². The SMILES string of the molecule is CCCNC(=O)COC(=O)c1cccc(CSc2ccc(Cl)cc2)c1. The van der Waals surface area contributed by atoms with Crippen molar-refractivity contribution in [1.29, 1.82) is 0 Å². The smallest absolute Gasteiger partial charge is 0.338 e. The highest BCUT2D eigenvalue weighted by Gasteiger charge is 2.10. The molecule has 0 unspecified atom stereocenters. The lowest BCUT2D eigenvalue weighted by Gasteiger charge is -2.07. The molecule has 2 rings (SSSR count). The Hall–Kier alpha value is -1.98. The van der Waals surface area contributed by atoms with E-state index in [0.717, 1.165) is 22.6 Å². The molecule has 1 N–H and O–H groups in total. The Kier molecular flexibility index (Phi) is 7.82. The summed E-state index contributed by atoms with van der Waals surface area (Å²) in [6, 6.07) is 14.8. The predicted molar refractivity (Wildman–Crippen MR) is 101 cm³/mol. The van der Waals surface area contributed by atoms with Gasteiger partial charge < -0.3 is 10.1 Å².